The van der Waals surface area contributed by atoms with Crippen molar-refractivity contribution in [3.05, 3.63) is 59.5 Å². The number of aromatic nitrogens is 1. The highest BCUT2D eigenvalue weighted by atomic mass is 19.1. The Morgan fingerprint density at radius 3 is 2.69 bits per heavy atom. The summed E-state index contributed by atoms with van der Waals surface area (Å²) in [5.41, 5.74) is 4.42. The van der Waals surface area contributed by atoms with Gasteiger partial charge in [-0.25, -0.2) is 4.39 Å². The molecule has 1 atom stereocenters. The monoisotopic (exact) mass is 351 g/mol. The SMILES string of the molecule is Cc1c(C(=O)NC[C@@H]2CCCN2)[nH]c2ccc(-c3ccc(F)cc3)cc12. The molecule has 1 aromatic heterocycles. The topological polar surface area (TPSA) is 56.9 Å². The smallest absolute Gasteiger partial charge is 0.268 e. The molecule has 1 amide bonds. The molecule has 4 nitrogen and oxygen atoms in total. The lowest BCUT2D eigenvalue weighted by molar-refractivity contribution is 0.0945. The van der Waals surface area contributed by atoms with Crippen molar-refractivity contribution >= 4 is 16.8 Å². The minimum Gasteiger partial charge on any atom is -0.350 e. The molecule has 3 aromatic rings. The van der Waals surface area contributed by atoms with E-state index in [9.17, 15) is 9.18 Å². The highest BCUT2D eigenvalue weighted by Crippen LogP contribution is 2.28. The number of aromatic amines is 1. The molecule has 4 rings (SSSR count). The molecule has 0 spiro atoms. The predicted octanol–water partition coefficient (Wildman–Crippen LogP) is 3.76. The summed E-state index contributed by atoms with van der Waals surface area (Å²) in [6, 6.07) is 12.8. The first-order valence-electron chi connectivity index (χ1n) is 9.01. The fourth-order valence-corrected chi connectivity index (χ4v) is 3.61. The number of carbonyl (C=O) groups excluding carboxylic acids is 1. The van der Waals surface area contributed by atoms with Crippen molar-refractivity contribution in [2.24, 2.45) is 0 Å². The van der Waals surface area contributed by atoms with Crippen LogP contribution in [0.3, 0.4) is 0 Å². The van der Waals surface area contributed by atoms with Crippen LogP contribution in [0.5, 0.6) is 0 Å². The molecule has 0 unspecified atom stereocenters. The molecule has 2 heterocycles. The van der Waals surface area contributed by atoms with Crippen LogP contribution in [0.15, 0.2) is 42.5 Å². The second-order valence-corrected chi connectivity index (χ2v) is 6.90. The van der Waals surface area contributed by atoms with Crippen molar-refractivity contribution in [3.8, 4) is 11.1 Å². The van der Waals surface area contributed by atoms with E-state index in [1.165, 1.54) is 12.1 Å². The first-order chi connectivity index (χ1) is 12.6. The molecule has 1 saturated heterocycles. The summed E-state index contributed by atoms with van der Waals surface area (Å²) in [6.45, 7) is 3.63. The molecule has 3 N–H and O–H groups in total. The quantitative estimate of drug-likeness (QED) is 0.670. The number of H-pyrrole nitrogens is 1. The van der Waals surface area contributed by atoms with Gasteiger partial charge in [0.25, 0.3) is 5.91 Å². The van der Waals surface area contributed by atoms with Gasteiger partial charge in [0.1, 0.15) is 11.5 Å². The predicted molar refractivity (Wildman–Crippen MR) is 102 cm³/mol. The van der Waals surface area contributed by atoms with E-state index < -0.39 is 0 Å². The second-order valence-electron chi connectivity index (χ2n) is 6.90. The largest absolute Gasteiger partial charge is 0.350 e. The summed E-state index contributed by atoms with van der Waals surface area (Å²) in [7, 11) is 0. The Labute approximate surface area is 151 Å². The minimum absolute atomic E-state index is 0.0734. The third kappa shape index (κ3) is 3.22. The first-order valence-corrected chi connectivity index (χ1v) is 9.01. The zero-order chi connectivity index (χ0) is 18.1. The molecule has 1 aliphatic heterocycles. The van der Waals surface area contributed by atoms with Crippen molar-refractivity contribution in [3.63, 3.8) is 0 Å². The lowest BCUT2D eigenvalue weighted by Crippen LogP contribution is -2.37. The molecule has 2 aromatic carbocycles. The number of hydrogen-bond donors (Lipinski definition) is 3. The molecule has 1 fully saturated rings. The first kappa shape index (κ1) is 16.8. The van der Waals surface area contributed by atoms with Crippen molar-refractivity contribution in [1.82, 2.24) is 15.6 Å². The summed E-state index contributed by atoms with van der Waals surface area (Å²) in [4.78, 5) is 15.8. The molecular weight excluding hydrogens is 329 g/mol. The molecule has 134 valence electrons. The summed E-state index contributed by atoms with van der Waals surface area (Å²) < 4.78 is 13.1. The summed E-state index contributed by atoms with van der Waals surface area (Å²) in [6.07, 6.45) is 2.27. The Bertz CT molecular complexity index is 940. The van der Waals surface area contributed by atoms with Crippen LogP contribution in [-0.4, -0.2) is 30.0 Å². The Morgan fingerprint density at radius 1 is 1.19 bits per heavy atom. The third-order valence-electron chi connectivity index (χ3n) is 5.13. The number of hydrogen-bond acceptors (Lipinski definition) is 2. The number of fused-ring (bicyclic) bond motifs is 1. The van der Waals surface area contributed by atoms with Gasteiger partial charge >= 0.3 is 0 Å². The van der Waals surface area contributed by atoms with Gasteiger partial charge in [0, 0.05) is 23.5 Å². The van der Waals surface area contributed by atoms with Crippen LogP contribution in [0.25, 0.3) is 22.0 Å². The van der Waals surface area contributed by atoms with Gasteiger partial charge in [0.15, 0.2) is 0 Å². The number of benzene rings is 2. The van der Waals surface area contributed by atoms with Crippen molar-refractivity contribution < 1.29 is 9.18 Å². The van der Waals surface area contributed by atoms with Crippen LogP contribution in [0.1, 0.15) is 28.9 Å². The van der Waals surface area contributed by atoms with Gasteiger partial charge in [-0.2, -0.15) is 0 Å². The van der Waals surface area contributed by atoms with E-state index in [4.69, 9.17) is 0 Å². The van der Waals surface area contributed by atoms with E-state index >= 15 is 0 Å². The van der Waals surface area contributed by atoms with Crippen molar-refractivity contribution in [1.29, 1.82) is 0 Å². The Balaban J connectivity index is 1.59. The van der Waals surface area contributed by atoms with E-state index in [-0.39, 0.29) is 11.7 Å². The van der Waals surface area contributed by atoms with Crippen LogP contribution in [0.2, 0.25) is 0 Å². The highest BCUT2D eigenvalue weighted by Gasteiger charge is 2.18. The van der Waals surface area contributed by atoms with Crippen LogP contribution in [0.4, 0.5) is 4.39 Å². The lowest BCUT2D eigenvalue weighted by Gasteiger charge is -2.11. The fourth-order valence-electron chi connectivity index (χ4n) is 3.61. The molecule has 5 heteroatoms. The number of nitrogens with one attached hydrogen (secondary N) is 3. The molecule has 0 saturated carbocycles. The van der Waals surface area contributed by atoms with Gasteiger partial charge in [-0.15, -0.1) is 0 Å². The number of halogens is 1. The zero-order valence-electron chi connectivity index (χ0n) is 14.7. The van der Waals surface area contributed by atoms with Crippen LogP contribution in [-0.2, 0) is 0 Å². The maximum absolute atomic E-state index is 13.1. The van der Waals surface area contributed by atoms with E-state index in [1.807, 2.05) is 25.1 Å². The molecule has 0 bridgehead atoms. The summed E-state index contributed by atoms with van der Waals surface area (Å²) in [5, 5.41) is 7.41. The molecule has 0 radical (unpaired) electrons. The zero-order valence-corrected chi connectivity index (χ0v) is 14.7. The lowest BCUT2D eigenvalue weighted by atomic mass is 10.0. The average molecular weight is 351 g/mol. The summed E-state index contributed by atoms with van der Waals surface area (Å²) >= 11 is 0. The van der Waals surface area contributed by atoms with Crippen molar-refractivity contribution in [2.45, 2.75) is 25.8 Å². The van der Waals surface area contributed by atoms with E-state index in [2.05, 4.69) is 15.6 Å². The molecular formula is C21H22FN3O. The van der Waals surface area contributed by atoms with Gasteiger partial charge in [-0.1, -0.05) is 18.2 Å². The van der Waals surface area contributed by atoms with Crippen LogP contribution < -0.4 is 10.6 Å². The van der Waals surface area contributed by atoms with Crippen LogP contribution >= 0.6 is 0 Å². The normalized spacial score (nSPS) is 16.9. The fraction of sp³-hybridized carbons (Fsp3) is 0.286. The van der Waals surface area contributed by atoms with E-state index in [0.717, 1.165) is 47.0 Å². The highest BCUT2D eigenvalue weighted by molar-refractivity contribution is 6.01. The second kappa shape index (κ2) is 6.92. The molecule has 0 aliphatic carbocycles. The number of amides is 1. The Morgan fingerprint density at radius 2 is 1.96 bits per heavy atom. The maximum atomic E-state index is 13.1. The minimum atomic E-state index is -0.247. The molecule has 1 aliphatic rings. The van der Waals surface area contributed by atoms with Gasteiger partial charge in [-0.3, -0.25) is 4.79 Å². The number of rotatable bonds is 4. The Hall–Kier alpha value is -2.66. The Kier molecular flexibility index (Phi) is 4.47. The van der Waals surface area contributed by atoms with Gasteiger partial charge in [-0.05, 0) is 67.3 Å². The molecule has 26 heavy (non-hydrogen) atoms. The third-order valence-corrected chi connectivity index (χ3v) is 5.13. The summed E-state index contributed by atoms with van der Waals surface area (Å²) in [5.74, 6) is -0.320. The maximum Gasteiger partial charge on any atom is 0.268 e. The van der Waals surface area contributed by atoms with Crippen LogP contribution in [0, 0.1) is 12.7 Å². The van der Waals surface area contributed by atoms with E-state index in [1.54, 1.807) is 12.1 Å². The van der Waals surface area contributed by atoms with Gasteiger partial charge < -0.3 is 15.6 Å². The number of aryl methyl sites for hydroxylation is 1. The van der Waals surface area contributed by atoms with Gasteiger partial charge in [0.2, 0.25) is 0 Å². The standard InChI is InChI=1S/C21H22FN3O/c1-13-18-11-15(14-4-7-16(22)8-5-14)6-9-19(18)25-20(13)21(26)24-12-17-3-2-10-23-17/h4-9,11,17,23,25H,2-3,10,12H2,1H3,(H,24,26)/t17-/m0/s1. The van der Waals surface area contributed by atoms with Gasteiger partial charge in [0.05, 0.1) is 0 Å². The van der Waals surface area contributed by atoms with E-state index in [0.29, 0.717) is 18.3 Å². The van der Waals surface area contributed by atoms with Crippen molar-refractivity contribution in [2.75, 3.05) is 13.1 Å². The number of carbonyl (C=O) groups is 1. The average Bonchev–Trinajstić information content (AvgIpc) is 3.28.